The van der Waals surface area contributed by atoms with Crippen LogP contribution in [-0.2, 0) is 9.53 Å². The van der Waals surface area contributed by atoms with E-state index in [1.54, 1.807) is 0 Å². The Labute approximate surface area is 103 Å². The summed E-state index contributed by atoms with van der Waals surface area (Å²) >= 11 is 0. The Hall–Kier alpha value is -0.650. The van der Waals surface area contributed by atoms with E-state index in [4.69, 9.17) is 10.5 Å². The van der Waals surface area contributed by atoms with Crippen LogP contribution in [0.15, 0.2) is 0 Å². The van der Waals surface area contributed by atoms with Crippen LogP contribution in [-0.4, -0.2) is 55.2 Å². The highest BCUT2D eigenvalue weighted by atomic mass is 16.5. The summed E-state index contributed by atoms with van der Waals surface area (Å²) in [5, 5.41) is 2.96. The van der Waals surface area contributed by atoms with E-state index in [-0.39, 0.29) is 5.91 Å². The molecule has 2 heterocycles. The molecule has 0 radical (unpaired) electrons. The summed E-state index contributed by atoms with van der Waals surface area (Å²) in [6.45, 7) is 6.06. The summed E-state index contributed by atoms with van der Waals surface area (Å²) in [5.74, 6) is -0.0685. The van der Waals surface area contributed by atoms with Gasteiger partial charge in [0.2, 0.25) is 5.91 Å². The van der Waals surface area contributed by atoms with Gasteiger partial charge < -0.3 is 15.8 Å². The topological polar surface area (TPSA) is 67.6 Å². The van der Waals surface area contributed by atoms with Gasteiger partial charge in [0.1, 0.15) is 5.54 Å². The van der Waals surface area contributed by atoms with Crippen molar-refractivity contribution in [1.29, 1.82) is 0 Å². The standard InChI is InChI=1S/C12H23N3O2/c1-10(15-5-2-3-6-15)8-14-11(16)12(13)4-7-17-9-12/h10H,2-9,13H2,1H3,(H,14,16). The van der Waals surface area contributed by atoms with Crippen molar-refractivity contribution in [2.75, 3.05) is 32.8 Å². The third-order valence-corrected chi connectivity index (χ3v) is 3.83. The van der Waals surface area contributed by atoms with Crippen molar-refractivity contribution in [3.8, 4) is 0 Å². The molecule has 2 unspecified atom stereocenters. The molecule has 17 heavy (non-hydrogen) atoms. The number of nitrogens with one attached hydrogen (secondary N) is 1. The van der Waals surface area contributed by atoms with Crippen LogP contribution in [0, 0.1) is 0 Å². The Morgan fingerprint density at radius 1 is 1.53 bits per heavy atom. The highest BCUT2D eigenvalue weighted by Gasteiger charge is 2.38. The van der Waals surface area contributed by atoms with E-state index in [1.165, 1.54) is 12.8 Å². The van der Waals surface area contributed by atoms with Gasteiger partial charge in [-0.15, -0.1) is 0 Å². The number of nitrogens with zero attached hydrogens (tertiary/aromatic N) is 1. The summed E-state index contributed by atoms with van der Waals surface area (Å²) in [5.41, 5.74) is 5.19. The van der Waals surface area contributed by atoms with Gasteiger partial charge in [0.15, 0.2) is 0 Å². The van der Waals surface area contributed by atoms with Crippen molar-refractivity contribution in [1.82, 2.24) is 10.2 Å². The third kappa shape index (κ3) is 2.97. The molecule has 2 saturated heterocycles. The first-order valence-electron chi connectivity index (χ1n) is 6.51. The lowest BCUT2D eigenvalue weighted by Crippen LogP contribution is -2.56. The minimum absolute atomic E-state index is 0.0685. The molecule has 0 saturated carbocycles. The molecule has 0 aromatic rings. The van der Waals surface area contributed by atoms with Gasteiger partial charge >= 0.3 is 0 Å². The predicted octanol–water partition coefficient (Wildman–Crippen LogP) is -0.295. The van der Waals surface area contributed by atoms with Crippen molar-refractivity contribution < 1.29 is 9.53 Å². The highest BCUT2D eigenvalue weighted by molar-refractivity contribution is 5.86. The highest BCUT2D eigenvalue weighted by Crippen LogP contribution is 2.16. The lowest BCUT2D eigenvalue weighted by Gasteiger charge is -2.26. The van der Waals surface area contributed by atoms with Gasteiger partial charge in [-0.3, -0.25) is 9.69 Å². The molecule has 3 N–H and O–H groups in total. The van der Waals surface area contributed by atoms with Crippen LogP contribution in [0.5, 0.6) is 0 Å². The molecule has 5 nitrogen and oxygen atoms in total. The fraction of sp³-hybridized carbons (Fsp3) is 0.917. The first-order chi connectivity index (χ1) is 8.12. The van der Waals surface area contributed by atoms with Crippen LogP contribution in [0.2, 0.25) is 0 Å². The number of rotatable bonds is 4. The lowest BCUT2D eigenvalue weighted by atomic mass is 9.99. The van der Waals surface area contributed by atoms with Crippen LogP contribution in [0.1, 0.15) is 26.2 Å². The number of amides is 1. The van der Waals surface area contributed by atoms with Crippen LogP contribution in [0.4, 0.5) is 0 Å². The summed E-state index contributed by atoms with van der Waals surface area (Å²) in [6.07, 6.45) is 3.16. The lowest BCUT2D eigenvalue weighted by molar-refractivity contribution is -0.126. The molecule has 0 aromatic heterocycles. The molecular weight excluding hydrogens is 218 g/mol. The molecule has 2 aliphatic heterocycles. The number of nitrogens with two attached hydrogens (primary N) is 1. The van der Waals surface area contributed by atoms with Crippen molar-refractivity contribution in [3.05, 3.63) is 0 Å². The van der Waals surface area contributed by atoms with Crippen molar-refractivity contribution >= 4 is 5.91 Å². The van der Waals surface area contributed by atoms with E-state index in [0.717, 1.165) is 13.1 Å². The van der Waals surface area contributed by atoms with Crippen molar-refractivity contribution in [2.45, 2.75) is 37.8 Å². The van der Waals surface area contributed by atoms with Gasteiger partial charge in [-0.05, 0) is 39.3 Å². The summed E-state index contributed by atoms with van der Waals surface area (Å²) in [4.78, 5) is 14.4. The summed E-state index contributed by atoms with van der Waals surface area (Å²) < 4.78 is 5.19. The fourth-order valence-corrected chi connectivity index (χ4v) is 2.49. The molecule has 2 atom stereocenters. The number of carbonyl (C=O) groups excluding carboxylic acids is 1. The predicted molar refractivity (Wildman–Crippen MR) is 65.6 cm³/mol. The Balaban J connectivity index is 1.75. The minimum atomic E-state index is -0.801. The second kappa shape index (κ2) is 5.33. The largest absolute Gasteiger partial charge is 0.379 e. The molecule has 0 aromatic carbocycles. The maximum Gasteiger partial charge on any atom is 0.242 e. The maximum atomic E-state index is 12.0. The minimum Gasteiger partial charge on any atom is -0.379 e. The van der Waals surface area contributed by atoms with Crippen LogP contribution >= 0.6 is 0 Å². The molecule has 0 spiro atoms. The van der Waals surface area contributed by atoms with Crippen LogP contribution in [0.3, 0.4) is 0 Å². The monoisotopic (exact) mass is 241 g/mol. The molecule has 2 rings (SSSR count). The quantitative estimate of drug-likeness (QED) is 0.709. The van der Waals surface area contributed by atoms with Crippen molar-refractivity contribution in [2.24, 2.45) is 5.73 Å². The summed E-state index contributed by atoms with van der Waals surface area (Å²) in [6, 6.07) is 0.396. The van der Waals surface area contributed by atoms with Gasteiger partial charge in [0, 0.05) is 19.2 Å². The Kier molecular flexibility index (Phi) is 4.01. The van der Waals surface area contributed by atoms with E-state index >= 15 is 0 Å². The van der Waals surface area contributed by atoms with E-state index in [0.29, 0.717) is 32.2 Å². The molecule has 1 amide bonds. The van der Waals surface area contributed by atoms with Crippen LogP contribution in [0.25, 0.3) is 0 Å². The Bertz CT molecular complexity index is 271. The van der Waals surface area contributed by atoms with E-state index in [1.807, 2.05) is 0 Å². The molecule has 0 aliphatic carbocycles. The van der Waals surface area contributed by atoms with E-state index in [2.05, 4.69) is 17.1 Å². The third-order valence-electron chi connectivity index (χ3n) is 3.83. The molecule has 5 heteroatoms. The van der Waals surface area contributed by atoms with Gasteiger partial charge in [-0.25, -0.2) is 0 Å². The Morgan fingerprint density at radius 3 is 2.82 bits per heavy atom. The Morgan fingerprint density at radius 2 is 2.24 bits per heavy atom. The second-order valence-corrected chi connectivity index (χ2v) is 5.26. The molecular formula is C12H23N3O2. The maximum absolute atomic E-state index is 12.0. The zero-order valence-electron chi connectivity index (χ0n) is 10.6. The number of hydrogen-bond donors (Lipinski definition) is 2. The number of hydrogen-bond acceptors (Lipinski definition) is 4. The summed E-state index contributed by atoms with van der Waals surface area (Å²) in [7, 11) is 0. The van der Waals surface area contributed by atoms with Gasteiger partial charge in [-0.1, -0.05) is 0 Å². The van der Waals surface area contributed by atoms with Crippen LogP contribution < -0.4 is 11.1 Å². The number of carbonyl (C=O) groups is 1. The molecule has 98 valence electrons. The fourth-order valence-electron chi connectivity index (χ4n) is 2.49. The SMILES string of the molecule is CC(CNC(=O)C1(N)CCOC1)N1CCCC1. The van der Waals surface area contributed by atoms with Crippen molar-refractivity contribution in [3.63, 3.8) is 0 Å². The molecule has 0 bridgehead atoms. The van der Waals surface area contributed by atoms with Gasteiger partial charge in [0.25, 0.3) is 0 Å². The second-order valence-electron chi connectivity index (χ2n) is 5.26. The van der Waals surface area contributed by atoms with Gasteiger partial charge in [-0.2, -0.15) is 0 Å². The average Bonchev–Trinajstić information content (AvgIpc) is 2.96. The van der Waals surface area contributed by atoms with Gasteiger partial charge in [0.05, 0.1) is 6.61 Å². The average molecular weight is 241 g/mol. The normalized spacial score (nSPS) is 31.6. The zero-order chi connectivity index (χ0) is 12.3. The molecule has 2 aliphatic rings. The smallest absolute Gasteiger partial charge is 0.242 e. The zero-order valence-corrected chi connectivity index (χ0v) is 10.6. The van der Waals surface area contributed by atoms with E-state index < -0.39 is 5.54 Å². The van der Waals surface area contributed by atoms with E-state index in [9.17, 15) is 4.79 Å². The first-order valence-corrected chi connectivity index (χ1v) is 6.51. The number of likely N-dealkylation sites (tertiary alicyclic amines) is 1. The first kappa shape index (κ1) is 12.8. The number of ether oxygens (including phenoxy) is 1. The molecule has 2 fully saturated rings.